The molecule has 0 bridgehead atoms. The highest BCUT2D eigenvalue weighted by Gasteiger charge is 2.12. The molecule has 2 aromatic carbocycles. The average molecular weight is 375 g/mol. The average Bonchev–Trinajstić information content (AvgIpc) is 2.70. The van der Waals surface area contributed by atoms with Crippen molar-refractivity contribution in [2.45, 2.75) is 33.4 Å². The van der Waals surface area contributed by atoms with E-state index < -0.39 is 0 Å². The summed E-state index contributed by atoms with van der Waals surface area (Å²) >= 11 is 0. The molecule has 0 atom stereocenters. The van der Waals surface area contributed by atoms with Crippen LogP contribution in [0.5, 0.6) is 11.5 Å². The molecule has 4 nitrogen and oxygen atoms in total. The molecule has 0 saturated heterocycles. The summed E-state index contributed by atoms with van der Waals surface area (Å²) in [5, 5.41) is 3.47. The molecule has 0 aromatic heterocycles. The SMILES string of the molecule is CCN(CC)CCCNCc1cccc(OC)c1OCc1ccccc1F. The van der Waals surface area contributed by atoms with E-state index in [1.54, 1.807) is 19.2 Å². The lowest BCUT2D eigenvalue weighted by molar-refractivity contribution is 0.275. The molecular weight excluding hydrogens is 343 g/mol. The Kier molecular flexibility index (Phi) is 9.08. The third-order valence-corrected chi connectivity index (χ3v) is 4.65. The Balaban J connectivity index is 1.95. The Morgan fingerprint density at radius 3 is 2.44 bits per heavy atom. The van der Waals surface area contributed by atoms with Gasteiger partial charge in [0, 0.05) is 17.7 Å². The number of nitrogens with one attached hydrogen (secondary N) is 1. The largest absolute Gasteiger partial charge is 0.493 e. The van der Waals surface area contributed by atoms with E-state index in [1.165, 1.54) is 6.07 Å². The van der Waals surface area contributed by atoms with Crippen molar-refractivity contribution in [1.29, 1.82) is 0 Å². The first-order valence-electron chi connectivity index (χ1n) is 9.64. The minimum Gasteiger partial charge on any atom is -0.493 e. The third-order valence-electron chi connectivity index (χ3n) is 4.65. The molecule has 0 heterocycles. The van der Waals surface area contributed by atoms with Crippen LogP contribution >= 0.6 is 0 Å². The molecule has 1 N–H and O–H groups in total. The quantitative estimate of drug-likeness (QED) is 0.564. The lowest BCUT2D eigenvalue weighted by Crippen LogP contribution is -2.27. The van der Waals surface area contributed by atoms with Gasteiger partial charge in [0.15, 0.2) is 11.5 Å². The molecule has 5 heteroatoms. The summed E-state index contributed by atoms with van der Waals surface area (Å²) in [6.07, 6.45) is 1.09. The van der Waals surface area contributed by atoms with Crippen LogP contribution in [0.4, 0.5) is 4.39 Å². The monoisotopic (exact) mass is 374 g/mol. The second kappa shape index (κ2) is 11.6. The molecule has 27 heavy (non-hydrogen) atoms. The molecule has 2 rings (SSSR count). The van der Waals surface area contributed by atoms with Crippen molar-refractivity contribution in [3.8, 4) is 11.5 Å². The summed E-state index contributed by atoms with van der Waals surface area (Å²) in [6.45, 7) is 9.42. The summed E-state index contributed by atoms with van der Waals surface area (Å²) in [4.78, 5) is 2.41. The van der Waals surface area contributed by atoms with Crippen LogP contribution in [0, 0.1) is 5.82 Å². The van der Waals surface area contributed by atoms with E-state index in [-0.39, 0.29) is 12.4 Å². The number of nitrogens with zero attached hydrogens (tertiary/aromatic N) is 1. The number of rotatable bonds is 12. The number of methoxy groups -OCH3 is 1. The van der Waals surface area contributed by atoms with Crippen LogP contribution in [-0.4, -0.2) is 38.2 Å². The summed E-state index contributed by atoms with van der Waals surface area (Å²) in [5.41, 5.74) is 1.54. The van der Waals surface area contributed by atoms with Gasteiger partial charge in [-0.2, -0.15) is 0 Å². The van der Waals surface area contributed by atoms with E-state index in [9.17, 15) is 4.39 Å². The van der Waals surface area contributed by atoms with Crippen LogP contribution in [0.2, 0.25) is 0 Å². The van der Waals surface area contributed by atoms with E-state index in [2.05, 4.69) is 24.1 Å². The van der Waals surface area contributed by atoms with Crippen molar-refractivity contribution in [2.24, 2.45) is 0 Å². The van der Waals surface area contributed by atoms with Gasteiger partial charge >= 0.3 is 0 Å². The predicted octanol–water partition coefficient (Wildman–Crippen LogP) is 4.23. The maximum atomic E-state index is 13.9. The summed E-state index contributed by atoms with van der Waals surface area (Å²) < 4.78 is 25.2. The van der Waals surface area contributed by atoms with Gasteiger partial charge in [0.25, 0.3) is 0 Å². The molecule has 0 spiro atoms. The van der Waals surface area contributed by atoms with E-state index in [0.717, 1.165) is 38.2 Å². The smallest absolute Gasteiger partial charge is 0.166 e. The highest BCUT2D eigenvalue weighted by atomic mass is 19.1. The molecule has 148 valence electrons. The van der Waals surface area contributed by atoms with Crippen molar-refractivity contribution in [1.82, 2.24) is 10.2 Å². The van der Waals surface area contributed by atoms with Crippen molar-refractivity contribution in [3.63, 3.8) is 0 Å². The molecule has 0 fully saturated rings. The van der Waals surface area contributed by atoms with Crippen LogP contribution < -0.4 is 14.8 Å². The number of para-hydroxylation sites is 1. The number of benzene rings is 2. The third kappa shape index (κ3) is 6.52. The van der Waals surface area contributed by atoms with Crippen LogP contribution in [0.3, 0.4) is 0 Å². The minimum absolute atomic E-state index is 0.169. The number of halogens is 1. The van der Waals surface area contributed by atoms with E-state index in [0.29, 0.717) is 23.6 Å². The maximum absolute atomic E-state index is 13.9. The van der Waals surface area contributed by atoms with E-state index >= 15 is 0 Å². The normalized spacial score (nSPS) is 11.0. The van der Waals surface area contributed by atoms with Gasteiger partial charge in [-0.25, -0.2) is 4.39 Å². The molecule has 0 aliphatic carbocycles. The first-order valence-corrected chi connectivity index (χ1v) is 9.64. The van der Waals surface area contributed by atoms with Gasteiger partial charge < -0.3 is 19.7 Å². The summed E-state index contributed by atoms with van der Waals surface area (Å²) in [7, 11) is 1.62. The van der Waals surface area contributed by atoms with Gasteiger partial charge in [-0.3, -0.25) is 0 Å². The maximum Gasteiger partial charge on any atom is 0.166 e. The molecule has 0 radical (unpaired) electrons. The van der Waals surface area contributed by atoms with Crippen LogP contribution in [-0.2, 0) is 13.2 Å². The Morgan fingerprint density at radius 2 is 1.74 bits per heavy atom. The van der Waals surface area contributed by atoms with Crippen LogP contribution in [0.1, 0.15) is 31.4 Å². The Hall–Kier alpha value is -2.11. The molecule has 0 amide bonds. The number of hydrogen-bond acceptors (Lipinski definition) is 4. The fraction of sp³-hybridized carbons (Fsp3) is 0.455. The van der Waals surface area contributed by atoms with Crippen LogP contribution in [0.15, 0.2) is 42.5 Å². The number of hydrogen-bond donors (Lipinski definition) is 1. The minimum atomic E-state index is -0.261. The highest BCUT2D eigenvalue weighted by Crippen LogP contribution is 2.32. The summed E-state index contributed by atoms with van der Waals surface area (Å²) in [5.74, 6) is 1.07. The Bertz CT molecular complexity index is 690. The van der Waals surface area contributed by atoms with Gasteiger partial charge in [-0.05, 0) is 44.7 Å². The van der Waals surface area contributed by atoms with Gasteiger partial charge in [0.2, 0.25) is 0 Å². The predicted molar refractivity (Wildman–Crippen MR) is 108 cm³/mol. The zero-order valence-corrected chi connectivity index (χ0v) is 16.6. The van der Waals surface area contributed by atoms with Gasteiger partial charge in [-0.1, -0.05) is 44.2 Å². The Labute approximate surface area is 162 Å². The standard InChI is InChI=1S/C22H31FN2O2/c1-4-25(5-2)15-9-14-24-16-18-11-8-13-21(26-3)22(18)27-17-19-10-6-7-12-20(19)23/h6-8,10-13,24H,4-5,9,14-17H2,1-3H3. The zero-order valence-electron chi connectivity index (χ0n) is 16.6. The zero-order chi connectivity index (χ0) is 19.5. The molecule has 0 saturated carbocycles. The van der Waals surface area contributed by atoms with Crippen molar-refractivity contribution < 1.29 is 13.9 Å². The first-order chi connectivity index (χ1) is 13.2. The molecule has 2 aromatic rings. The van der Waals surface area contributed by atoms with Gasteiger partial charge in [0.1, 0.15) is 12.4 Å². The molecule has 0 aliphatic heterocycles. The van der Waals surface area contributed by atoms with Gasteiger partial charge in [0.05, 0.1) is 7.11 Å². The van der Waals surface area contributed by atoms with E-state index in [4.69, 9.17) is 9.47 Å². The lowest BCUT2D eigenvalue weighted by Gasteiger charge is -2.18. The lowest BCUT2D eigenvalue weighted by atomic mass is 10.1. The fourth-order valence-corrected chi connectivity index (χ4v) is 2.98. The van der Waals surface area contributed by atoms with E-state index in [1.807, 2.05) is 24.3 Å². The van der Waals surface area contributed by atoms with Crippen molar-refractivity contribution >= 4 is 0 Å². The molecule has 0 unspecified atom stereocenters. The van der Waals surface area contributed by atoms with Crippen molar-refractivity contribution in [3.05, 3.63) is 59.4 Å². The van der Waals surface area contributed by atoms with Gasteiger partial charge in [-0.15, -0.1) is 0 Å². The molecular formula is C22H31FN2O2. The highest BCUT2D eigenvalue weighted by molar-refractivity contribution is 5.46. The fourth-order valence-electron chi connectivity index (χ4n) is 2.98. The summed E-state index contributed by atoms with van der Waals surface area (Å²) in [6, 6.07) is 12.5. The second-order valence-electron chi connectivity index (χ2n) is 6.39. The first kappa shape index (κ1) is 21.2. The number of ether oxygens (including phenoxy) is 2. The topological polar surface area (TPSA) is 33.7 Å². The second-order valence-corrected chi connectivity index (χ2v) is 6.39. The van der Waals surface area contributed by atoms with Crippen LogP contribution in [0.25, 0.3) is 0 Å². The molecule has 0 aliphatic rings. The Morgan fingerprint density at radius 1 is 1.00 bits per heavy atom. The van der Waals surface area contributed by atoms with Crippen molar-refractivity contribution in [2.75, 3.05) is 33.3 Å².